The predicted octanol–water partition coefficient (Wildman–Crippen LogP) is 7.72. The molecule has 31 heavy (non-hydrogen) atoms. The Bertz CT molecular complexity index is 932. The second-order valence-electron chi connectivity index (χ2n) is 9.82. The van der Waals surface area contributed by atoms with E-state index in [0.29, 0.717) is 0 Å². The number of hydrogen-bond acceptors (Lipinski definition) is 0. The Morgan fingerprint density at radius 2 is 0.968 bits per heavy atom. The van der Waals surface area contributed by atoms with E-state index in [9.17, 15) is 0 Å². The van der Waals surface area contributed by atoms with Crippen LogP contribution in [0.2, 0.25) is 0 Å². The number of rotatable bonds is 5. The van der Waals surface area contributed by atoms with Crippen molar-refractivity contribution in [1.29, 1.82) is 0 Å². The Morgan fingerprint density at radius 1 is 0.484 bits per heavy atom. The van der Waals surface area contributed by atoms with Gasteiger partial charge in [-0.3, -0.25) is 0 Å². The van der Waals surface area contributed by atoms with Gasteiger partial charge in [-0.15, -0.1) is 0 Å². The minimum absolute atomic E-state index is 0.872. The first-order chi connectivity index (χ1) is 15.4. The summed E-state index contributed by atoms with van der Waals surface area (Å²) in [4.78, 5) is 0. The summed E-state index contributed by atoms with van der Waals surface area (Å²) in [5.41, 5.74) is 4.65. The molecule has 0 amide bonds. The first-order valence-corrected chi connectivity index (χ1v) is 14.8. The zero-order valence-corrected chi connectivity index (χ0v) is 19.8. The van der Waals surface area contributed by atoms with Gasteiger partial charge in [0.1, 0.15) is 0 Å². The summed E-state index contributed by atoms with van der Waals surface area (Å²) in [6, 6.07) is 32.6. The molecule has 3 aromatic rings. The fourth-order valence-corrected chi connectivity index (χ4v) is 14.2. The SMILES string of the molecule is c1ccc(-c2ccccc2[PH](c2ccccc2)(C2CCCCC2)C2CCCCC2)cc1. The molecule has 162 valence electrons. The van der Waals surface area contributed by atoms with Gasteiger partial charge in [0.2, 0.25) is 0 Å². The summed E-state index contributed by atoms with van der Waals surface area (Å²) in [6.07, 6.45) is 14.3. The van der Waals surface area contributed by atoms with E-state index in [2.05, 4.69) is 84.9 Å². The molecule has 2 fully saturated rings. The Balaban J connectivity index is 1.78. The Kier molecular flexibility index (Phi) is 6.56. The van der Waals surface area contributed by atoms with Gasteiger partial charge in [0.15, 0.2) is 0 Å². The van der Waals surface area contributed by atoms with Crippen LogP contribution in [0.3, 0.4) is 0 Å². The van der Waals surface area contributed by atoms with Crippen molar-refractivity contribution in [3.63, 3.8) is 0 Å². The minimum atomic E-state index is -1.97. The van der Waals surface area contributed by atoms with Crippen molar-refractivity contribution in [1.82, 2.24) is 0 Å². The van der Waals surface area contributed by atoms with E-state index in [-0.39, 0.29) is 0 Å². The van der Waals surface area contributed by atoms with Gasteiger partial charge in [-0.2, -0.15) is 0 Å². The molecule has 2 saturated carbocycles. The van der Waals surface area contributed by atoms with Crippen molar-refractivity contribution in [2.75, 3.05) is 0 Å². The summed E-state index contributed by atoms with van der Waals surface area (Å²) in [7, 11) is -1.97. The van der Waals surface area contributed by atoms with Crippen molar-refractivity contribution < 1.29 is 0 Å². The van der Waals surface area contributed by atoms with E-state index in [1.54, 1.807) is 10.6 Å². The van der Waals surface area contributed by atoms with Crippen LogP contribution >= 0.6 is 7.26 Å². The average molecular weight is 429 g/mol. The molecule has 0 atom stereocenters. The molecule has 0 spiro atoms. The summed E-state index contributed by atoms with van der Waals surface area (Å²) in [5.74, 6) is 0. The molecule has 0 bridgehead atoms. The second-order valence-corrected chi connectivity index (χ2v) is 14.3. The van der Waals surface area contributed by atoms with Gasteiger partial charge in [-0.05, 0) is 0 Å². The van der Waals surface area contributed by atoms with Crippen LogP contribution in [0.1, 0.15) is 64.2 Å². The third-order valence-electron chi connectivity index (χ3n) is 8.21. The van der Waals surface area contributed by atoms with Crippen LogP contribution in [0.5, 0.6) is 0 Å². The van der Waals surface area contributed by atoms with Gasteiger partial charge in [0.25, 0.3) is 0 Å². The molecule has 2 aliphatic carbocycles. The maximum atomic E-state index is 2.55. The molecule has 0 unspecified atom stereocenters. The van der Waals surface area contributed by atoms with Gasteiger partial charge in [0, 0.05) is 0 Å². The average Bonchev–Trinajstić information content (AvgIpc) is 2.87. The molecule has 0 heterocycles. The van der Waals surface area contributed by atoms with Crippen LogP contribution in [0.15, 0.2) is 84.9 Å². The van der Waals surface area contributed by atoms with E-state index < -0.39 is 7.26 Å². The van der Waals surface area contributed by atoms with Gasteiger partial charge in [0.05, 0.1) is 0 Å². The van der Waals surface area contributed by atoms with E-state index >= 15 is 0 Å². The van der Waals surface area contributed by atoms with Crippen LogP contribution in [-0.2, 0) is 0 Å². The Morgan fingerprint density at radius 3 is 1.55 bits per heavy atom. The second kappa shape index (κ2) is 9.70. The van der Waals surface area contributed by atoms with E-state index in [0.717, 1.165) is 11.3 Å². The van der Waals surface area contributed by atoms with Crippen LogP contribution in [0.25, 0.3) is 11.1 Å². The van der Waals surface area contributed by atoms with E-state index in [1.807, 2.05) is 0 Å². The molecule has 5 rings (SSSR count). The summed E-state index contributed by atoms with van der Waals surface area (Å²) in [5, 5.41) is 3.43. The molecule has 1 heteroatoms. The summed E-state index contributed by atoms with van der Waals surface area (Å²) < 4.78 is 0. The molecular weight excluding hydrogens is 391 g/mol. The van der Waals surface area contributed by atoms with Gasteiger partial charge in [-0.25, -0.2) is 0 Å². The third-order valence-corrected chi connectivity index (χ3v) is 14.6. The van der Waals surface area contributed by atoms with E-state index in [1.165, 1.54) is 75.3 Å². The monoisotopic (exact) mass is 428 g/mol. The van der Waals surface area contributed by atoms with Gasteiger partial charge < -0.3 is 0 Å². The number of hydrogen-bond donors (Lipinski definition) is 0. The van der Waals surface area contributed by atoms with Crippen molar-refractivity contribution >= 4 is 17.9 Å². The van der Waals surface area contributed by atoms with Crippen LogP contribution in [-0.4, -0.2) is 11.3 Å². The van der Waals surface area contributed by atoms with Crippen molar-refractivity contribution in [2.24, 2.45) is 0 Å². The molecule has 0 N–H and O–H groups in total. The fraction of sp³-hybridized carbons (Fsp3) is 0.400. The zero-order valence-electron chi connectivity index (χ0n) is 18.8. The van der Waals surface area contributed by atoms with Crippen molar-refractivity contribution in [3.05, 3.63) is 84.9 Å². The van der Waals surface area contributed by atoms with Crippen molar-refractivity contribution in [3.8, 4) is 11.1 Å². The molecule has 0 aliphatic heterocycles. The molecule has 0 saturated heterocycles. The molecule has 2 aliphatic rings. The molecule has 0 aromatic heterocycles. The number of benzene rings is 3. The topological polar surface area (TPSA) is 0 Å². The van der Waals surface area contributed by atoms with Gasteiger partial charge >= 0.3 is 189 Å². The van der Waals surface area contributed by atoms with Gasteiger partial charge in [-0.1, -0.05) is 0 Å². The Labute approximate surface area is 189 Å². The third kappa shape index (κ3) is 4.01. The first kappa shape index (κ1) is 21.0. The normalized spacial score (nSPS) is 19.2. The first-order valence-electron chi connectivity index (χ1n) is 12.6. The summed E-state index contributed by atoms with van der Waals surface area (Å²) in [6.45, 7) is 0. The zero-order chi connectivity index (χ0) is 20.9. The quantitative estimate of drug-likeness (QED) is 0.365. The molecule has 0 radical (unpaired) electrons. The maximum absolute atomic E-state index is 2.55. The predicted molar refractivity (Wildman–Crippen MR) is 140 cm³/mol. The van der Waals surface area contributed by atoms with Crippen molar-refractivity contribution in [2.45, 2.75) is 75.5 Å². The fourth-order valence-electron chi connectivity index (χ4n) is 6.94. The summed E-state index contributed by atoms with van der Waals surface area (Å²) >= 11 is 0. The van der Waals surface area contributed by atoms with Crippen LogP contribution in [0.4, 0.5) is 0 Å². The van der Waals surface area contributed by atoms with Crippen LogP contribution < -0.4 is 10.6 Å². The van der Waals surface area contributed by atoms with Crippen LogP contribution in [0, 0.1) is 0 Å². The Hall–Kier alpha value is -1.91. The molecular formula is C30H37P. The molecule has 3 aromatic carbocycles. The molecule has 0 nitrogen and oxygen atoms in total. The van der Waals surface area contributed by atoms with E-state index in [4.69, 9.17) is 0 Å². The standard InChI is InChI=1S/C30H37P/c1-5-15-25(16-6-1)29-23-13-14-24-30(29)31(26-17-7-2-8-18-26,27-19-9-3-10-20-27)28-21-11-4-12-22-28/h1-2,5-8,13-18,23-24,27-28,31H,3-4,9-12,19-22H2.